The Bertz CT molecular complexity index is 653. The first-order chi connectivity index (χ1) is 9.66. The standard InChI is InChI=1S/C19H19.Zr/c1-14-12-18-15(2)8-10-17(19(18)13-14)11-9-16-6-4-3-5-7-16;/h3-8,10,12-13H,9,11H2,1-2H3;. The van der Waals surface area contributed by atoms with Gasteiger partial charge in [-0.05, 0) is 0 Å². The monoisotopic (exact) mass is 337 g/mol. The van der Waals surface area contributed by atoms with Crippen molar-refractivity contribution in [3.05, 3.63) is 75.9 Å². The van der Waals surface area contributed by atoms with Crippen LogP contribution < -0.4 is 0 Å². The summed E-state index contributed by atoms with van der Waals surface area (Å²) in [5.74, 6) is 0. The zero-order chi connectivity index (χ0) is 14.1. The van der Waals surface area contributed by atoms with Crippen LogP contribution in [0.4, 0.5) is 0 Å². The van der Waals surface area contributed by atoms with Gasteiger partial charge in [0, 0.05) is 0 Å². The first-order valence-electron chi connectivity index (χ1n) is 7.22. The van der Waals surface area contributed by atoms with Gasteiger partial charge in [0.05, 0.1) is 0 Å². The fraction of sp³-hybridized carbons (Fsp3) is 0.263. The predicted molar refractivity (Wildman–Crippen MR) is 81.4 cm³/mol. The van der Waals surface area contributed by atoms with E-state index in [0.29, 0.717) is 3.63 Å². The molecule has 3 rings (SSSR count). The van der Waals surface area contributed by atoms with Gasteiger partial charge in [0.25, 0.3) is 0 Å². The minimum absolute atomic E-state index is 0.675. The summed E-state index contributed by atoms with van der Waals surface area (Å²) in [4.78, 5) is 0. The van der Waals surface area contributed by atoms with Crippen LogP contribution in [0.5, 0.6) is 0 Å². The van der Waals surface area contributed by atoms with Crippen LogP contribution in [-0.2, 0) is 37.6 Å². The van der Waals surface area contributed by atoms with E-state index in [0.717, 1.165) is 12.8 Å². The molecule has 1 aliphatic rings. The van der Waals surface area contributed by atoms with Gasteiger partial charge in [0.2, 0.25) is 0 Å². The number of fused-ring (bicyclic) bond motifs is 1. The SMILES string of the molecule is CC1=Cc2c(CCc3ccccc3)ccc(C)c2[CH]1[Zr]. The Labute approximate surface area is 136 Å². The second-order valence-corrected chi connectivity index (χ2v) is 7.10. The zero-order valence-electron chi connectivity index (χ0n) is 12.1. The minimum atomic E-state index is 0.675. The van der Waals surface area contributed by atoms with E-state index in [2.05, 4.69) is 62.4 Å². The number of hydrogen-bond acceptors (Lipinski definition) is 0. The van der Waals surface area contributed by atoms with Crippen molar-refractivity contribution in [1.29, 1.82) is 0 Å². The van der Waals surface area contributed by atoms with Crippen molar-refractivity contribution < 1.29 is 24.7 Å². The number of allylic oxidation sites excluding steroid dienone is 1. The Morgan fingerprint density at radius 2 is 1.70 bits per heavy atom. The summed E-state index contributed by atoms with van der Waals surface area (Å²) in [7, 11) is 0. The summed E-state index contributed by atoms with van der Waals surface area (Å²) in [6, 6.07) is 15.4. The average molecular weight is 339 g/mol. The van der Waals surface area contributed by atoms with Crippen LogP contribution in [0.2, 0.25) is 0 Å². The molecule has 20 heavy (non-hydrogen) atoms. The molecule has 0 spiro atoms. The molecular formula is C19H19Zr. The van der Waals surface area contributed by atoms with Crippen molar-refractivity contribution >= 4 is 6.08 Å². The molecule has 0 amide bonds. The van der Waals surface area contributed by atoms with Crippen LogP contribution in [-0.4, -0.2) is 0 Å². The molecule has 99 valence electrons. The van der Waals surface area contributed by atoms with E-state index >= 15 is 0 Å². The van der Waals surface area contributed by atoms with Gasteiger partial charge in [0.15, 0.2) is 0 Å². The molecule has 0 N–H and O–H groups in total. The molecule has 0 aliphatic heterocycles. The fourth-order valence-electron chi connectivity index (χ4n) is 3.02. The average Bonchev–Trinajstić information content (AvgIpc) is 2.76. The van der Waals surface area contributed by atoms with Gasteiger partial charge >= 0.3 is 137 Å². The molecular weight excluding hydrogens is 319 g/mol. The van der Waals surface area contributed by atoms with E-state index < -0.39 is 0 Å². The van der Waals surface area contributed by atoms with E-state index in [1.54, 1.807) is 30.3 Å². The van der Waals surface area contributed by atoms with Crippen LogP contribution in [0.15, 0.2) is 48.0 Å². The Morgan fingerprint density at radius 1 is 0.950 bits per heavy atom. The molecule has 0 saturated heterocycles. The van der Waals surface area contributed by atoms with Gasteiger partial charge in [-0.15, -0.1) is 0 Å². The van der Waals surface area contributed by atoms with Crippen LogP contribution in [0.3, 0.4) is 0 Å². The molecule has 1 atom stereocenters. The first kappa shape index (κ1) is 14.0. The molecule has 0 nitrogen and oxygen atoms in total. The quantitative estimate of drug-likeness (QED) is 0.755. The molecule has 1 heteroatoms. The van der Waals surface area contributed by atoms with Gasteiger partial charge in [-0.3, -0.25) is 0 Å². The fourth-order valence-corrected chi connectivity index (χ4v) is 4.17. The summed E-state index contributed by atoms with van der Waals surface area (Å²) in [6.45, 7) is 4.53. The van der Waals surface area contributed by atoms with Gasteiger partial charge in [-0.2, -0.15) is 0 Å². The number of aryl methyl sites for hydroxylation is 3. The Kier molecular flexibility index (Phi) is 4.08. The Hall–Kier alpha value is -0.937. The molecule has 0 saturated carbocycles. The van der Waals surface area contributed by atoms with Crippen molar-refractivity contribution in [2.75, 3.05) is 0 Å². The molecule has 2 aromatic carbocycles. The van der Waals surface area contributed by atoms with Gasteiger partial charge < -0.3 is 0 Å². The van der Waals surface area contributed by atoms with Crippen LogP contribution in [0.1, 0.15) is 38.4 Å². The maximum atomic E-state index is 2.42. The zero-order valence-corrected chi connectivity index (χ0v) is 14.6. The third kappa shape index (κ3) is 2.61. The second-order valence-electron chi connectivity index (χ2n) is 5.68. The van der Waals surface area contributed by atoms with E-state index in [9.17, 15) is 0 Å². The van der Waals surface area contributed by atoms with Crippen molar-refractivity contribution in [3.8, 4) is 0 Å². The second kappa shape index (κ2) is 5.82. The summed E-state index contributed by atoms with van der Waals surface area (Å²) in [5.41, 5.74) is 9.04. The molecule has 2 aromatic rings. The predicted octanol–water partition coefficient (Wildman–Crippen LogP) is 4.79. The van der Waals surface area contributed by atoms with E-state index in [-0.39, 0.29) is 0 Å². The maximum absolute atomic E-state index is 2.42. The molecule has 0 fully saturated rings. The van der Waals surface area contributed by atoms with E-state index in [1.807, 2.05) is 0 Å². The molecule has 0 heterocycles. The first-order valence-corrected chi connectivity index (χ1v) is 8.64. The molecule has 1 unspecified atom stereocenters. The van der Waals surface area contributed by atoms with Gasteiger partial charge in [-0.25, -0.2) is 0 Å². The normalized spacial score (nSPS) is 16.9. The van der Waals surface area contributed by atoms with Crippen LogP contribution >= 0.6 is 0 Å². The molecule has 0 radical (unpaired) electrons. The Balaban J connectivity index is 1.89. The molecule has 1 aliphatic carbocycles. The molecule has 0 bridgehead atoms. The number of benzene rings is 2. The van der Waals surface area contributed by atoms with Crippen molar-refractivity contribution in [2.24, 2.45) is 0 Å². The third-order valence-electron chi connectivity index (χ3n) is 4.24. The van der Waals surface area contributed by atoms with Gasteiger partial charge in [0.1, 0.15) is 0 Å². The van der Waals surface area contributed by atoms with Crippen molar-refractivity contribution in [1.82, 2.24) is 0 Å². The van der Waals surface area contributed by atoms with Crippen LogP contribution in [0.25, 0.3) is 6.08 Å². The summed E-state index contributed by atoms with van der Waals surface area (Å²) < 4.78 is 0.675. The number of hydrogen-bond donors (Lipinski definition) is 0. The summed E-state index contributed by atoms with van der Waals surface area (Å²) >= 11 is 1.61. The summed E-state index contributed by atoms with van der Waals surface area (Å²) in [5, 5.41) is 0. The van der Waals surface area contributed by atoms with Crippen LogP contribution in [0, 0.1) is 6.92 Å². The van der Waals surface area contributed by atoms with E-state index in [1.165, 1.54) is 27.8 Å². The number of rotatable bonds is 3. The van der Waals surface area contributed by atoms with Crippen molar-refractivity contribution in [2.45, 2.75) is 30.3 Å². The van der Waals surface area contributed by atoms with Gasteiger partial charge in [-0.1, -0.05) is 0 Å². The topological polar surface area (TPSA) is 0 Å². The molecule has 0 aromatic heterocycles. The summed E-state index contributed by atoms with van der Waals surface area (Å²) in [6.07, 6.45) is 4.69. The third-order valence-corrected chi connectivity index (χ3v) is 6.07. The van der Waals surface area contributed by atoms with Crippen molar-refractivity contribution in [3.63, 3.8) is 0 Å². The Morgan fingerprint density at radius 3 is 2.45 bits per heavy atom. The van der Waals surface area contributed by atoms with E-state index in [4.69, 9.17) is 0 Å².